The third-order valence-corrected chi connectivity index (χ3v) is 2.72. The summed E-state index contributed by atoms with van der Waals surface area (Å²) in [6, 6.07) is -1.26. The number of nitrogens with zero attached hydrogens (tertiary/aromatic N) is 1. The summed E-state index contributed by atoms with van der Waals surface area (Å²) in [4.78, 5) is 24.7. The first kappa shape index (κ1) is 17.5. The Morgan fingerprint density at radius 3 is 2.05 bits per heavy atom. The van der Waals surface area contributed by atoms with Crippen LogP contribution in [0.3, 0.4) is 0 Å². The van der Waals surface area contributed by atoms with E-state index in [2.05, 4.69) is 6.58 Å². The Morgan fingerprint density at radius 1 is 1.32 bits per heavy atom. The standard InChI is InChI=1S/C14H25NO4/c1-7-10(8-2)15(11(9-3)12(16)17)13(18)19-14(4,5)6/h9-11H,3,7-8H2,1-2,4-6H3,(H,16,17). The maximum atomic E-state index is 12.2. The lowest BCUT2D eigenvalue weighted by Gasteiger charge is -2.35. The number of carbonyl (C=O) groups excluding carboxylic acids is 1. The van der Waals surface area contributed by atoms with E-state index in [-0.39, 0.29) is 6.04 Å². The second-order valence-electron chi connectivity index (χ2n) is 5.38. The molecule has 5 nitrogen and oxygen atoms in total. The first-order chi connectivity index (χ1) is 8.67. The topological polar surface area (TPSA) is 66.8 Å². The van der Waals surface area contributed by atoms with E-state index >= 15 is 0 Å². The molecule has 1 unspecified atom stereocenters. The van der Waals surface area contributed by atoms with Crippen LogP contribution in [0.2, 0.25) is 0 Å². The monoisotopic (exact) mass is 271 g/mol. The van der Waals surface area contributed by atoms with Crippen LogP contribution in [0.15, 0.2) is 12.7 Å². The summed E-state index contributed by atoms with van der Waals surface area (Å²) in [6.07, 6.45) is 1.96. The molecule has 0 aliphatic rings. The van der Waals surface area contributed by atoms with Gasteiger partial charge in [-0.05, 0) is 33.6 Å². The van der Waals surface area contributed by atoms with Gasteiger partial charge in [-0.25, -0.2) is 9.59 Å². The Labute approximate surface area is 115 Å². The Kier molecular flexibility index (Phi) is 6.59. The molecule has 0 aliphatic heterocycles. The summed E-state index contributed by atoms with van der Waals surface area (Å²) in [7, 11) is 0. The first-order valence-corrected chi connectivity index (χ1v) is 6.54. The molecule has 0 saturated heterocycles. The molecule has 0 bridgehead atoms. The number of rotatable bonds is 6. The molecule has 1 amide bonds. The van der Waals surface area contributed by atoms with Crippen LogP contribution in [0.5, 0.6) is 0 Å². The van der Waals surface area contributed by atoms with Crippen molar-refractivity contribution in [3.8, 4) is 0 Å². The number of ether oxygens (including phenoxy) is 1. The van der Waals surface area contributed by atoms with Crippen LogP contribution in [0.1, 0.15) is 47.5 Å². The highest BCUT2D eigenvalue weighted by Gasteiger charge is 2.34. The molecule has 0 fully saturated rings. The maximum absolute atomic E-state index is 12.2. The largest absolute Gasteiger partial charge is 0.479 e. The van der Waals surface area contributed by atoms with Gasteiger partial charge < -0.3 is 9.84 Å². The van der Waals surface area contributed by atoms with E-state index in [0.717, 1.165) is 0 Å². The predicted octanol–water partition coefficient (Wildman–Crippen LogP) is 3.05. The molecular weight excluding hydrogens is 246 g/mol. The van der Waals surface area contributed by atoms with Gasteiger partial charge in [0.15, 0.2) is 6.04 Å². The van der Waals surface area contributed by atoms with E-state index in [0.29, 0.717) is 12.8 Å². The second-order valence-corrected chi connectivity index (χ2v) is 5.38. The summed E-state index contributed by atoms with van der Waals surface area (Å²) in [5, 5.41) is 9.21. The number of hydrogen-bond donors (Lipinski definition) is 1. The van der Waals surface area contributed by atoms with Crippen LogP contribution in [0.4, 0.5) is 4.79 Å². The van der Waals surface area contributed by atoms with Crippen LogP contribution in [-0.4, -0.2) is 39.8 Å². The highest BCUT2D eigenvalue weighted by molar-refractivity contribution is 5.82. The number of carbonyl (C=O) groups is 2. The van der Waals surface area contributed by atoms with Crippen molar-refractivity contribution in [2.75, 3.05) is 0 Å². The summed E-state index contributed by atoms with van der Waals surface area (Å²) in [5.74, 6) is -1.10. The van der Waals surface area contributed by atoms with Gasteiger partial charge in [-0.1, -0.05) is 19.9 Å². The van der Waals surface area contributed by atoms with Crippen molar-refractivity contribution in [1.82, 2.24) is 4.90 Å². The molecule has 0 spiro atoms. The minimum atomic E-state index is -1.10. The zero-order valence-electron chi connectivity index (χ0n) is 12.5. The summed E-state index contributed by atoms with van der Waals surface area (Å²) in [6.45, 7) is 12.6. The van der Waals surface area contributed by atoms with Crippen LogP contribution < -0.4 is 0 Å². The van der Waals surface area contributed by atoms with Gasteiger partial charge in [0, 0.05) is 6.04 Å². The molecule has 0 aromatic carbocycles. The fourth-order valence-electron chi connectivity index (χ4n) is 1.82. The third kappa shape index (κ3) is 5.32. The minimum absolute atomic E-state index is 0.186. The van der Waals surface area contributed by atoms with Gasteiger partial charge in [-0.15, -0.1) is 6.58 Å². The number of amides is 1. The fourth-order valence-corrected chi connectivity index (χ4v) is 1.82. The molecule has 0 aromatic rings. The van der Waals surface area contributed by atoms with Crippen molar-refractivity contribution >= 4 is 12.1 Å². The van der Waals surface area contributed by atoms with Gasteiger partial charge in [0.05, 0.1) is 0 Å². The Hall–Kier alpha value is -1.52. The van der Waals surface area contributed by atoms with E-state index in [1.165, 1.54) is 11.0 Å². The van der Waals surface area contributed by atoms with Crippen LogP contribution in [0.25, 0.3) is 0 Å². The van der Waals surface area contributed by atoms with E-state index < -0.39 is 23.7 Å². The van der Waals surface area contributed by atoms with Crippen molar-refractivity contribution in [2.24, 2.45) is 0 Å². The van der Waals surface area contributed by atoms with Gasteiger partial charge in [-0.3, -0.25) is 4.90 Å². The molecule has 110 valence electrons. The quantitative estimate of drug-likeness (QED) is 0.754. The number of carboxylic acids is 1. The minimum Gasteiger partial charge on any atom is -0.479 e. The maximum Gasteiger partial charge on any atom is 0.411 e. The molecule has 0 saturated carbocycles. The molecule has 19 heavy (non-hydrogen) atoms. The fraction of sp³-hybridized carbons (Fsp3) is 0.714. The summed E-state index contributed by atoms with van der Waals surface area (Å²) < 4.78 is 5.29. The Bertz CT molecular complexity index is 329. The van der Waals surface area contributed by atoms with Crippen LogP contribution in [-0.2, 0) is 9.53 Å². The molecule has 0 aliphatic carbocycles. The lowest BCUT2D eigenvalue weighted by atomic mass is 10.1. The number of carboxylic acid groups (broad SMARTS) is 1. The Balaban J connectivity index is 5.32. The molecule has 0 aromatic heterocycles. The van der Waals surface area contributed by atoms with E-state index in [9.17, 15) is 14.7 Å². The predicted molar refractivity (Wildman–Crippen MR) is 74.1 cm³/mol. The number of aliphatic carboxylic acids is 1. The average Bonchev–Trinajstić information content (AvgIpc) is 2.26. The molecule has 1 atom stereocenters. The van der Waals surface area contributed by atoms with Crippen molar-refractivity contribution in [3.63, 3.8) is 0 Å². The van der Waals surface area contributed by atoms with E-state index in [1.807, 2.05) is 13.8 Å². The summed E-state index contributed by atoms with van der Waals surface area (Å²) >= 11 is 0. The smallest absolute Gasteiger partial charge is 0.411 e. The van der Waals surface area contributed by atoms with Gasteiger partial charge in [0.2, 0.25) is 0 Å². The molecular formula is C14H25NO4. The van der Waals surface area contributed by atoms with Crippen molar-refractivity contribution in [3.05, 3.63) is 12.7 Å². The first-order valence-electron chi connectivity index (χ1n) is 6.54. The van der Waals surface area contributed by atoms with Gasteiger partial charge in [0.25, 0.3) is 0 Å². The molecule has 0 radical (unpaired) electrons. The van der Waals surface area contributed by atoms with Gasteiger partial charge in [-0.2, -0.15) is 0 Å². The molecule has 0 heterocycles. The molecule has 5 heteroatoms. The second kappa shape index (κ2) is 7.16. The third-order valence-electron chi connectivity index (χ3n) is 2.72. The van der Waals surface area contributed by atoms with Gasteiger partial charge in [0.1, 0.15) is 5.60 Å². The van der Waals surface area contributed by atoms with Crippen LogP contribution in [0, 0.1) is 0 Å². The van der Waals surface area contributed by atoms with Crippen molar-refractivity contribution in [2.45, 2.75) is 65.1 Å². The Morgan fingerprint density at radius 2 is 1.79 bits per heavy atom. The average molecular weight is 271 g/mol. The van der Waals surface area contributed by atoms with Crippen molar-refractivity contribution in [1.29, 1.82) is 0 Å². The summed E-state index contributed by atoms with van der Waals surface area (Å²) in [5.41, 5.74) is -0.661. The highest BCUT2D eigenvalue weighted by atomic mass is 16.6. The van der Waals surface area contributed by atoms with E-state index in [1.54, 1.807) is 20.8 Å². The normalized spacial score (nSPS) is 12.9. The lowest BCUT2D eigenvalue weighted by molar-refractivity contribution is -0.142. The van der Waals surface area contributed by atoms with Gasteiger partial charge >= 0.3 is 12.1 Å². The SMILES string of the molecule is C=CC(C(=O)O)N(C(=O)OC(C)(C)C)C(CC)CC. The zero-order valence-corrected chi connectivity index (χ0v) is 12.5. The molecule has 1 N–H and O–H groups in total. The zero-order chi connectivity index (χ0) is 15.2. The number of hydrogen-bond acceptors (Lipinski definition) is 3. The van der Waals surface area contributed by atoms with Crippen LogP contribution >= 0.6 is 0 Å². The van der Waals surface area contributed by atoms with Crippen molar-refractivity contribution < 1.29 is 19.4 Å². The highest BCUT2D eigenvalue weighted by Crippen LogP contribution is 2.19. The lowest BCUT2D eigenvalue weighted by Crippen LogP contribution is -2.51. The molecule has 0 rings (SSSR count). The van der Waals surface area contributed by atoms with E-state index in [4.69, 9.17) is 4.74 Å².